The van der Waals surface area contributed by atoms with Crippen LogP contribution in [-0.4, -0.2) is 0 Å². The highest BCUT2D eigenvalue weighted by molar-refractivity contribution is 5.94. The quantitative estimate of drug-likeness (QED) is 0.154. The highest BCUT2D eigenvalue weighted by Gasteiger charge is 2.38. The second kappa shape index (κ2) is 16.2. The van der Waals surface area contributed by atoms with Gasteiger partial charge in [-0.15, -0.1) is 0 Å². The molecule has 0 N–H and O–H groups in total. The highest BCUT2D eigenvalue weighted by Crippen LogP contribution is 2.54. The summed E-state index contributed by atoms with van der Waals surface area (Å²) in [4.78, 5) is 2.46. The molecule has 0 fully saturated rings. The Morgan fingerprint density at radius 1 is 0.304 bits per heavy atom. The van der Waals surface area contributed by atoms with Crippen LogP contribution in [0.15, 0.2) is 200 Å². The van der Waals surface area contributed by atoms with E-state index in [1.54, 1.807) is 0 Å². The van der Waals surface area contributed by atoms with Gasteiger partial charge in [0.15, 0.2) is 0 Å². The minimum atomic E-state index is -0.119. The minimum absolute atomic E-state index is 0.0122. The zero-order valence-corrected chi connectivity index (χ0v) is 42.0. The Morgan fingerprint density at radius 2 is 0.739 bits per heavy atom. The van der Waals surface area contributed by atoms with Gasteiger partial charge in [-0.2, -0.15) is 0 Å². The molecule has 0 aromatic heterocycles. The third-order valence-electron chi connectivity index (χ3n) is 15.4. The van der Waals surface area contributed by atoms with Gasteiger partial charge in [0.25, 0.3) is 0 Å². The lowest BCUT2D eigenvalue weighted by molar-refractivity contribution is 0.569. The number of hydrogen-bond acceptors (Lipinski definition) is 1. The fraction of sp³-hybridized carbons (Fsp3) is 0.206. The summed E-state index contributed by atoms with van der Waals surface area (Å²) in [7, 11) is 0. The van der Waals surface area contributed by atoms with Crippen LogP contribution in [-0.2, 0) is 21.7 Å². The van der Waals surface area contributed by atoms with E-state index in [0.29, 0.717) is 0 Å². The maximum absolute atomic E-state index is 2.46. The van der Waals surface area contributed by atoms with Crippen molar-refractivity contribution in [2.24, 2.45) is 0 Å². The normalized spacial score (nSPS) is 14.2. The zero-order chi connectivity index (χ0) is 48.0. The number of nitrogens with zero attached hydrogens (tertiary/aromatic N) is 1. The van der Waals surface area contributed by atoms with Crippen molar-refractivity contribution in [2.45, 2.75) is 90.9 Å². The van der Waals surface area contributed by atoms with E-state index in [1.807, 2.05) is 0 Å². The van der Waals surface area contributed by atoms with E-state index in [9.17, 15) is 0 Å². The Labute approximate surface area is 411 Å². The van der Waals surface area contributed by atoms with Crippen molar-refractivity contribution in [1.82, 2.24) is 0 Å². The Morgan fingerprint density at radius 3 is 1.33 bits per heavy atom. The van der Waals surface area contributed by atoms with Crippen LogP contribution in [0.25, 0.3) is 66.8 Å². The minimum Gasteiger partial charge on any atom is -0.310 e. The van der Waals surface area contributed by atoms with E-state index in [1.165, 1.54) is 100 Å². The first-order valence-electron chi connectivity index (χ1n) is 24.8. The van der Waals surface area contributed by atoms with Crippen molar-refractivity contribution in [3.05, 3.63) is 234 Å². The number of hydrogen-bond donors (Lipinski definition) is 0. The summed E-state index contributed by atoms with van der Waals surface area (Å²) in [6.07, 6.45) is 0. The van der Waals surface area contributed by atoms with Gasteiger partial charge in [-0.05, 0) is 142 Å². The van der Waals surface area contributed by atoms with Gasteiger partial charge < -0.3 is 4.90 Å². The van der Waals surface area contributed by atoms with Gasteiger partial charge in [-0.3, -0.25) is 0 Å². The summed E-state index contributed by atoms with van der Waals surface area (Å²) in [5.41, 5.74) is 26.7. The lowest BCUT2D eigenvalue weighted by Crippen LogP contribution is -2.17. The molecule has 1 heteroatoms. The molecule has 9 aromatic carbocycles. The Bertz CT molecular complexity index is 3400. The molecule has 0 spiro atoms. The van der Waals surface area contributed by atoms with Crippen molar-refractivity contribution in [3.8, 4) is 66.8 Å². The average Bonchev–Trinajstić information content (AvgIpc) is 3.73. The molecular formula is C68H63N. The predicted molar refractivity (Wildman–Crippen MR) is 295 cm³/mol. The monoisotopic (exact) mass is 893 g/mol. The molecule has 1 nitrogen and oxygen atoms in total. The van der Waals surface area contributed by atoms with Gasteiger partial charge in [-0.1, -0.05) is 233 Å². The molecule has 11 rings (SSSR count). The molecule has 9 aromatic rings. The molecule has 0 saturated carbocycles. The number of benzene rings is 9. The molecule has 0 radical (unpaired) electrons. The number of anilines is 3. The third kappa shape index (κ3) is 7.46. The van der Waals surface area contributed by atoms with Crippen LogP contribution in [0.5, 0.6) is 0 Å². The highest BCUT2D eigenvalue weighted by atomic mass is 15.1. The first-order chi connectivity index (χ1) is 33.0. The maximum atomic E-state index is 2.46. The van der Waals surface area contributed by atoms with Crippen LogP contribution in [0, 0.1) is 0 Å². The maximum Gasteiger partial charge on any atom is 0.0540 e. The molecule has 2 aliphatic rings. The predicted octanol–water partition coefficient (Wildman–Crippen LogP) is 19.0. The van der Waals surface area contributed by atoms with E-state index in [4.69, 9.17) is 0 Å². The first-order valence-corrected chi connectivity index (χ1v) is 24.8. The van der Waals surface area contributed by atoms with E-state index in [-0.39, 0.29) is 21.7 Å². The van der Waals surface area contributed by atoms with Crippen molar-refractivity contribution < 1.29 is 0 Å². The fourth-order valence-electron chi connectivity index (χ4n) is 11.5. The Hall–Kier alpha value is -7.22. The van der Waals surface area contributed by atoms with E-state index in [0.717, 1.165) is 17.1 Å². The zero-order valence-electron chi connectivity index (χ0n) is 42.0. The van der Waals surface area contributed by atoms with Gasteiger partial charge >= 0.3 is 0 Å². The van der Waals surface area contributed by atoms with Gasteiger partial charge in [0, 0.05) is 27.8 Å². The lowest BCUT2D eigenvalue weighted by atomic mass is 9.78. The molecule has 0 saturated heterocycles. The van der Waals surface area contributed by atoms with E-state index < -0.39 is 0 Å². The van der Waals surface area contributed by atoms with Crippen molar-refractivity contribution in [1.29, 1.82) is 0 Å². The molecule has 340 valence electrons. The molecule has 0 heterocycles. The SMILES string of the molecule is CC(C)(C)c1cc(-c2ccccc2N(c2ccc(-c3ccc4c(c3)C(C)(C)c3ccccc3-4)cc2)c2ccc(-c3ccccc3-c3cccc4c3C(C)(C)c3ccccc3-4)cc2)cc(C(C)(C)C)c1. The van der Waals surface area contributed by atoms with Crippen molar-refractivity contribution in [2.75, 3.05) is 4.90 Å². The lowest BCUT2D eigenvalue weighted by Gasteiger charge is -2.30. The van der Waals surface area contributed by atoms with E-state index >= 15 is 0 Å². The number of para-hydroxylation sites is 1. The first kappa shape index (κ1) is 44.3. The third-order valence-corrected chi connectivity index (χ3v) is 15.4. The van der Waals surface area contributed by atoms with Gasteiger partial charge in [0.05, 0.1) is 5.69 Å². The summed E-state index contributed by atoms with van der Waals surface area (Å²) in [6, 6.07) is 75.5. The molecular weight excluding hydrogens is 831 g/mol. The van der Waals surface area contributed by atoms with Crippen molar-refractivity contribution in [3.63, 3.8) is 0 Å². The Balaban J connectivity index is 1.03. The molecule has 0 bridgehead atoms. The topological polar surface area (TPSA) is 3.24 Å². The van der Waals surface area contributed by atoms with Crippen LogP contribution < -0.4 is 4.90 Å². The summed E-state index contributed by atoms with van der Waals surface area (Å²) in [5, 5.41) is 0. The molecule has 0 atom stereocenters. The van der Waals surface area contributed by atoms with Crippen LogP contribution in [0.3, 0.4) is 0 Å². The van der Waals surface area contributed by atoms with Crippen molar-refractivity contribution >= 4 is 17.1 Å². The molecule has 0 unspecified atom stereocenters. The molecule has 0 amide bonds. The van der Waals surface area contributed by atoms with Gasteiger partial charge in [0.2, 0.25) is 0 Å². The second-order valence-electron chi connectivity index (χ2n) is 22.6. The fourth-order valence-corrected chi connectivity index (χ4v) is 11.5. The van der Waals surface area contributed by atoms with Crippen LogP contribution in [0.4, 0.5) is 17.1 Å². The molecule has 2 aliphatic carbocycles. The largest absolute Gasteiger partial charge is 0.310 e. The summed E-state index contributed by atoms with van der Waals surface area (Å²) in [5.74, 6) is 0. The summed E-state index contributed by atoms with van der Waals surface area (Å²) in [6.45, 7) is 23.4. The summed E-state index contributed by atoms with van der Waals surface area (Å²) >= 11 is 0. The van der Waals surface area contributed by atoms with E-state index in [2.05, 4.69) is 274 Å². The van der Waals surface area contributed by atoms with Crippen LogP contribution in [0.1, 0.15) is 103 Å². The molecule has 69 heavy (non-hydrogen) atoms. The van der Waals surface area contributed by atoms with Crippen LogP contribution in [0.2, 0.25) is 0 Å². The standard InChI is InChI=1S/C68H63N/c1-65(2,3)48-40-47(41-49(43-48)66(4,5)6)53-21-15-18-29-63(53)69(50-35-30-44(31-36-50)46-34-39-57-55-23-13-16-27-60(55)67(7,8)62(57)42-46)51-37-32-45(33-38-51)52-20-11-12-22-54(52)58-25-19-26-59-56-24-14-17-28-61(56)68(9,10)64(58)59/h11-43H,1-10H3. The smallest absolute Gasteiger partial charge is 0.0540 e. The second-order valence-corrected chi connectivity index (χ2v) is 22.6. The van der Waals surface area contributed by atoms with Gasteiger partial charge in [0.1, 0.15) is 0 Å². The number of rotatable bonds is 7. The molecule has 0 aliphatic heterocycles. The number of fused-ring (bicyclic) bond motifs is 6. The Kier molecular flexibility index (Phi) is 10.4. The summed E-state index contributed by atoms with van der Waals surface area (Å²) < 4.78 is 0. The van der Waals surface area contributed by atoms with Crippen LogP contribution >= 0.6 is 0 Å². The van der Waals surface area contributed by atoms with Gasteiger partial charge in [-0.25, -0.2) is 0 Å². The average molecular weight is 894 g/mol.